The molecule has 0 aromatic heterocycles. The maximum atomic E-state index is 13.6. The van der Waals surface area contributed by atoms with E-state index in [1.165, 1.54) is 30.3 Å². The van der Waals surface area contributed by atoms with Crippen LogP contribution in [0.4, 0.5) is 15.8 Å². The number of hydrogen-bond acceptors (Lipinski definition) is 3. The molecule has 0 fully saturated rings. The first-order chi connectivity index (χ1) is 8.50. The largest absolute Gasteiger partial charge is 0.351 e. The third kappa shape index (κ3) is 1.51. The molecule has 0 spiro atoms. The molecule has 1 heterocycles. The third-order valence-corrected chi connectivity index (χ3v) is 4.83. The van der Waals surface area contributed by atoms with E-state index in [1.807, 2.05) is 0 Å². The average molecular weight is 284 g/mol. The molecule has 0 atom stereocenters. The second-order valence-corrected chi connectivity index (χ2v) is 6.20. The zero-order chi connectivity index (χ0) is 12.9. The van der Waals surface area contributed by atoms with Crippen molar-refractivity contribution in [1.29, 1.82) is 0 Å². The molecule has 0 amide bonds. The van der Waals surface area contributed by atoms with Crippen molar-refractivity contribution in [3.63, 3.8) is 0 Å². The fourth-order valence-corrected chi connectivity index (χ4v) is 3.76. The van der Waals surface area contributed by atoms with Crippen molar-refractivity contribution in [2.75, 3.05) is 5.32 Å². The van der Waals surface area contributed by atoms with Crippen LogP contribution in [0.3, 0.4) is 0 Å². The number of fused-ring (bicyclic) bond motifs is 2. The summed E-state index contributed by atoms with van der Waals surface area (Å²) in [6.07, 6.45) is 0. The van der Waals surface area contributed by atoms with Crippen LogP contribution in [0.1, 0.15) is 0 Å². The molecule has 0 unspecified atom stereocenters. The molecule has 3 rings (SSSR count). The molecule has 3 nitrogen and oxygen atoms in total. The lowest BCUT2D eigenvalue weighted by molar-refractivity contribution is 0.590. The predicted molar refractivity (Wildman–Crippen MR) is 66.6 cm³/mol. The number of para-hydroxylation sites is 1. The molecule has 6 heteroatoms. The molecule has 0 radical (unpaired) electrons. The number of sulfone groups is 1. The SMILES string of the molecule is O=S1(=O)c2cc(Cl)ccc2Nc2c(F)cccc21. The number of nitrogens with one attached hydrogen (secondary N) is 1. The van der Waals surface area contributed by atoms with Crippen LogP contribution in [0, 0.1) is 5.82 Å². The highest BCUT2D eigenvalue weighted by atomic mass is 35.5. The van der Waals surface area contributed by atoms with E-state index in [0.717, 1.165) is 0 Å². The van der Waals surface area contributed by atoms with E-state index in [2.05, 4.69) is 5.32 Å². The number of rotatable bonds is 0. The number of hydrogen-bond donors (Lipinski definition) is 1. The first kappa shape index (κ1) is 11.5. The van der Waals surface area contributed by atoms with Gasteiger partial charge in [-0.1, -0.05) is 17.7 Å². The molecule has 1 N–H and O–H groups in total. The molecule has 1 aliphatic heterocycles. The fourth-order valence-electron chi connectivity index (χ4n) is 1.92. The smallest absolute Gasteiger partial charge is 0.210 e. The Bertz CT molecular complexity index is 751. The van der Waals surface area contributed by atoms with E-state index in [1.54, 1.807) is 6.07 Å². The van der Waals surface area contributed by atoms with Gasteiger partial charge in [-0.05, 0) is 30.3 Å². The van der Waals surface area contributed by atoms with Crippen molar-refractivity contribution in [3.05, 3.63) is 47.2 Å². The van der Waals surface area contributed by atoms with Crippen LogP contribution < -0.4 is 5.32 Å². The zero-order valence-corrected chi connectivity index (χ0v) is 10.5. The number of halogens is 2. The molecular formula is C12H7ClFNO2S. The van der Waals surface area contributed by atoms with Gasteiger partial charge in [-0.15, -0.1) is 0 Å². The molecule has 2 aromatic rings. The molecule has 0 bridgehead atoms. The van der Waals surface area contributed by atoms with Crippen molar-refractivity contribution in [1.82, 2.24) is 0 Å². The van der Waals surface area contributed by atoms with E-state index >= 15 is 0 Å². The summed E-state index contributed by atoms with van der Waals surface area (Å²) in [5.74, 6) is -0.600. The van der Waals surface area contributed by atoms with Crippen LogP contribution in [0.2, 0.25) is 5.02 Å². The van der Waals surface area contributed by atoms with E-state index in [-0.39, 0.29) is 15.5 Å². The Morgan fingerprint density at radius 3 is 2.67 bits per heavy atom. The van der Waals surface area contributed by atoms with Gasteiger partial charge < -0.3 is 5.32 Å². The van der Waals surface area contributed by atoms with Gasteiger partial charge in [0, 0.05) is 5.02 Å². The van der Waals surface area contributed by atoms with Crippen LogP contribution in [0.25, 0.3) is 0 Å². The van der Waals surface area contributed by atoms with Crippen molar-refractivity contribution >= 4 is 32.8 Å². The lowest BCUT2D eigenvalue weighted by Crippen LogP contribution is -2.14. The molecule has 2 aromatic carbocycles. The molecule has 18 heavy (non-hydrogen) atoms. The summed E-state index contributed by atoms with van der Waals surface area (Å²) in [5.41, 5.74) is 0.310. The Balaban J connectivity index is 2.37. The standard InChI is InChI=1S/C12H7ClFNO2S/c13-7-4-5-9-11(6-7)18(16,17)10-3-1-2-8(14)12(10)15-9/h1-6,15H. The van der Waals surface area contributed by atoms with Gasteiger partial charge in [0.1, 0.15) is 5.82 Å². The normalized spacial score (nSPS) is 15.4. The highest BCUT2D eigenvalue weighted by molar-refractivity contribution is 7.92. The summed E-state index contributed by atoms with van der Waals surface area (Å²) in [4.78, 5) is -0.00892. The Morgan fingerprint density at radius 1 is 1.11 bits per heavy atom. The fraction of sp³-hybridized carbons (Fsp3) is 0. The quantitative estimate of drug-likeness (QED) is 0.688. The lowest BCUT2D eigenvalue weighted by atomic mass is 10.2. The highest BCUT2D eigenvalue weighted by Gasteiger charge is 2.31. The minimum absolute atomic E-state index is 0.0210. The van der Waals surface area contributed by atoms with E-state index < -0.39 is 15.7 Å². The summed E-state index contributed by atoms with van der Waals surface area (Å²) < 4.78 is 38.3. The molecule has 0 aliphatic carbocycles. The second kappa shape index (κ2) is 3.70. The van der Waals surface area contributed by atoms with Gasteiger partial charge in [0.15, 0.2) is 0 Å². The molecule has 92 valence electrons. The molecule has 0 saturated carbocycles. The minimum atomic E-state index is -3.73. The topological polar surface area (TPSA) is 46.2 Å². The number of benzene rings is 2. The summed E-state index contributed by atoms with van der Waals surface area (Å²) in [5, 5.41) is 3.10. The molecule has 1 aliphatic rings. The van der Waals surface area contributed by atoms with Crippen molar-refractivity contribution in [2.45, 2.75) is 9.79 Å². The van der Waals surface area contributed by atoms with Gasteiger partial charge in [0.05, 0.1) is 21.2 Å². The van der Waals surface area contributed by atoms with E-state index in [9.17, 15) is 12.8 Å². The maximum absolute atomic E-state index is 13.6. The Morgan fingerprint density at radius 2 is 1.89 bits per heavy atom. The molecular weight excluding hydrogens is 277 g/mol. The van der Waals surface area contributed by atoms with Crippen LogP contribution in [0.15, 0.2) is 46.2 Å². The van der Waals surface area contributed by atoms with Gasteiger partial charge in [-0.3, -0.25) is 0 Å². The zero-order valence-electron chi connectivity index (χ0n) is 8.94. The highest BCUT2D eigenvalue weighted by Crippen LogP contribution is 2.41. The third-order valence-electron chi connectivity index (χ3n) is 2.76. The van der Waals surface area contributed by atoms with Crippen LogP contribution in [-0.2, 0) is 9.84 Å². The van der Waals surface area contributed by atoms with Crippen LogP contribution >= 0.6 is 11.6 Å². The van der Waals surface area contributed by atoms with Gasteiger partial charge in [-0.25, -0.2) is 12.8 Å². The predicted octanol–water partition coefficient (Wildman–Crippen LogP) is 3.37. The Labute approximate surface area is 108 Å². The first-order valence-corrected chi connectivity index (χ1v) is 6.96. The van der Waals surface area contributed by atoms with Crippen LogP contribution in [-0.4, -0.2) is 8.42 Å². The monoisotopic (exact) mass is 283 g/mol. The summed E-state index contributed by atoms with van der Waals surface area (Å²) >= 11 is 5.80. The summed E-state index contributed by atoms with van der Waals surface area (Å²) in [7, 11) is -3.73. The summed E-state index contributed by atoms with van der Waals surface area (Å²) in [6, 6.07) is 8.36. The van der Waals surface area contributed by atoms with Gasteiger partial charge in [0.2, 0.25) is 9.84 Å². The first-order valence-electron chi connectivity index (χ1n) is 5.10. The average Bonchev–Trinajstić information content (AvgIpc) is 2.32. The second-order valence-electron chi connectivity index (χ2n) is 3.88. The Hall–Kier alpha value is -1.59. The van der Waals surface area contributed by atoms with Crippen molar-refractivity contribution in [2.24, 2.45) is 0 Å². The Kier molecular flexibility index (Phi) is 2.36. The van der Waals surface area contributed by atoms with Gasteiger partial charge in [-0.2, -0.15) is 0 Å². The minimum Gasteiger partial charge on any atom is -0.351 e. The molecule has 0 saturated heterocycles. The van der Waals surface area contributed by atoms with E-state index in [4.69, 9.17) is 11.6 Å². The lowest BCUT2D eigenvalue weighted by Gasteiger charge is -2.21. The summed E-state index contributed by atoms with van der Waals surface area (Å²) in [6.45, 7) is 0. The van der Waals surface area contributed by atoms with E-state index in [0.29, 0.717) is 10.7 Å². The van der Waals surface area contributed by atoms with Gasteiger partial charge in [0.25, 0.3) is 0 Å². The maximum Gasteiger partial charge on any atom is 0.210 e. The van der Waals surface area contributed by atoms with Gasteiger partial charge >= 0.3 is 0 Å². The van der Waals surface area contributed by atoms with Crippen molar-refractivity contribution in [3.8, 4) is 0 Å². The number of anilines is 2. The van der Waals surface area contributed by atoms with Crippen molar-refractivity contribution < 1.29 is 12.8 Å². The van der Waals surface area contributed by atoms with Crippen LogP contribution in [0.5, 0.6) is 0 Å².